The Balaban J connectivity index is 1.53. The molecule has 0 spiro atoms. The number of hydrogen-bond acceptors (Lipinski definition) is 3. The van der Waals surface area contributed by atoms with Gasteiger partial charge < -0.3 is 14.2 Å². The Morgan fingerprint density at radius 3 is 3.00 bits per heavy atom. The SMILES string of the molecule is C[C@H](OCC1CC1)C(=O)N1CCC[C@@H](n2ccnc2)C1. The van der Waals surface area contributed by atoms with Crippen LogP contribution in [0.5, 0.6) is 0 Å². The first-order valence-corrected chi connectivity index (χ1v) is 7.62. The van der Waals surface area contributed by atoms with Crippen LogP contribution in [0.3, 0.4) is 0 Å². The van der Waals surface area contributed by atoms with E-state index in [4.69, 9.17) is 4.74 Å². The summed E-state index contributed by atoms with van der Waals surface area (Å²) in [4.78, 5) is 18.5. The van der Waals surface area contributed by atoms with Gasteiger partial charge in [0.1, 0.15) is 6.10 Å². The largest absolute Gasteiger partial charge is 0.368 e. The van der Waals surface area contributed by atoms with Crippen molar-refractivity contribution in [3.63, 3.8) is 0 Å². The molecular weight excluding hydrogens is 254 g/mol. The Morgan fingerprint density at radius 1 is 1.45 bits per heavy atom. The van der Waals surface area contributed by atoms with Gasteiger partial charge in [0, 0.05) is 25.5 Å². The van der Waals surface area contributed by atoms with Crippen LogP contribution in [-0.4, -0.2) is 46.2 Å². The first-order valence-electron chi connectivity index (χ1n) is 7.62. The van der Waals surface area contributed by atoms with Gasteiger partial charge >= 0.3 is 0 Å². The molecule has 2 heterocycles. The quantitative estimate of drug-likeness (QED) is 0.825. The molecule has 0 unspecified atom stereocenters. The predicted octanol–water partition coefficient (Wildman–Crippen LogP) is 1.86. The molecule has 0 N–H and O–H groups in total. The van der Waals surface area contributed by atoms with Crippen molar-refractivity contribution in [2.24, 2.45) is 5.92 Å². The molecule has 1 amide bonds. The molecule has 0 aromatic carbocycles. The van der Waals surface area contributed by atoms with E-state index in [0.717, 1.165) is 32.5 Å². The van der Waals surface area contributed by atoms with E-state index in [-0.39, 0.29) is 12.0 Å². The maximum atomic E-state index is 12.4. The Morgan fingerprint density at radius 2 is 2.30 bits per heavy atom. The van der Waals surface area contributed by atoms with Crippen molar-refractivity contribution in [1.29, 1.82) is 0 Å². The van der Waals surface area contributed by atoms with Gasteiger partial charge in [-0.25, -0.2) is 4.98 Å². The van der Waals surface area contributed by atoms with Gasteiger partial charge in [0.25, 0.3) is 5.91 Å². The maximum absolute atomic E-state index is 12.4. The van der Waals surface area contributed by atoms with Crippen LogP contribution in [0, 0.1) is 5.92 Å². The summed E-state index contributed by atoms with van der Waals surface area (Å²) in [6.07, 6.45) is 9.97. The predicted molar refractivity (Wildman–Crippen MR) is 75.2 cm³/mol. The van der Waals surface area contributed by atoms with Crippen molar-refractivity contribution in [3.8, 4) is 0 Å². The van der Waals surface area contributed by atoms with Crippen LogP contribution in [0.15, 0.2) is 18.7 Å². The molecular formula is C15H23N3O2. The van der Waals surface area contributed by atoms with Crippen molar-refractivity contribution in [3.05, 3.63) is 18.7 Å². The van der Waals surface area contributed by atoms with E-state index in [1.807, 2.05) is 24.3 Å². The molecule has 1 saturated heterocycles. The minimum Gasteiger partial charge on any atom is -0.368 e. The molecule has 1 aromatic rings. The highest BCUT2D eigenvalue weighted by atomic mass is 16.5. The number of hydrogen-bond donors (Lipinski definition) is 0. The third-order valence-electron chi connectivity index (χ3n) is 4.28. The molecule has 1 aromatic heterocycles. The van der Waals surface area contributed by atoms with E-state index in [1.165, 1.54) is 12.8 Å². The van der Waals surface area contributed by atoms with Gasteiger partial charge in [0.05, 0.1) is 19.0 Å². The lowest BCUT2D eigenvalue weighted by Gasteiger charge is -2.34. The maximum Gasteiger partial charge on any atom is 0.251 e. The molecule has 0 bridgehead atoms. The first-order chi connectivity index (χ1) is 9.74. The summed E-state index contributed by atoms with van der Waals surface area (Å²) in [6.45, 7) is 4.24. The van der Waals surface area contributed by atoms with Crippen LogP contribution >= 0.6 is 0 Å². The molecule has 0 radical (unpaired) electrons. The van der Waals surface area contributed by atoms with Gasteiger partial charge in [-0.2, -0.15) is 0 Å². The van der Waals surface area contributed by atoms with E-state index < -0.39 is 0 Å². The van der Waals surface area contributed by atoms with Gasteiger partial charge in [0.15, 0.2) is 0 Å². The molecule has 2 atom stereocenters. The van der Waals surface area contributed by atoms with Gasteiger partial charge in [0.2, 0.25) is 0 Å². The highest BCUT2D eigenvalue weighted by Crippen LogP contribution is 2.29. The van der Waals surface area contributed by atoms with E-state index in [1.54, 1.807) is 6.20 Å². The topological polar surface area (TPSA) is 47.4 Å². The van der Waals surface area contributed by atoms with E-state index >= 15 is 0 Å². The van der Waals surface area contributed by atoms with Gasteiger partial charge in [-0.3, -0.25) is 4.79 Å². The highest BCUT2D eigenvalue weighted by molar-refractivity contribution is 5.80. The number of carbonyl (C=O) groups excluding carboxylic acids is 1. The summed E-state index contributed by atoms with van der Waals surface area (Å²) in [7, 11) is 0. The molecule has 1 saturated carbocycles. The Kier molecular flexibility index (Phi) is 4.05. The second-order valence-electron chi connectivity index (χ2n) is 6.01. The number of amides is 1. The Hall–Kier alpha value is -1.36. The molecule has 2 aliphatic rings. The van der Waals surface area contributed by atoms with Crippen LogP contribution < -0.4 is 0 Å². The zero-order valence-electron chi connectivity index (χ0n) is 12.1. The summed E-state index contributed by atoms with van der Waals surface area (Å²) in [5, 5.41) is 0. The van der Waals surface area contributed by atoms with Gasteiger partial charge in [-0.05, 0) is 38.5 Å². The van der Waals surface area contributed by atoms with Gasteiger partial charge in [-0.1, -0.05) is 0 Å². The zero-order chi connectivity index (χ0) is 13.9. The third-order valence-corrected chi connectivity index (χ3v) is 4.28. The summed E-state index contributed by atoms with van der Waals surface area (Å²) < 4.78 is 7.80. The van der Waals surface area contributed by atoms with Crippen LogP contribution in [0.1, 0.15) is 38.6 Å². The number of ether oxygens (including phenoxy) is 1. The number of imidazole rings is 1. The fourth-order valence-corrected chi connectivity index (χ4v) is 2.78. The molecule has 1 aliphatic carbocycles. The third kappa shape index (κ3) is 3.20. The first kappa shape index (κ1) is 13.6. The Labute approximate surface area is 119 Å². The van der Waals surface area contributed by atoms with Crippen molar-refractivity contribution in [2.45, 2.75) is 44.8 Å². The number of rotatable bonds is 5. The average molecular weight is 277 g/mol. The molecule has 20 heavy (non-hydrogen) atoms. The molecule has 5 nitrogen and oxygen atoms in total. The number of likely N-dealkylation sites (tertiary alicyclic amines) is 1. The molecule has 1 aliphatic heterocycles. The second kappa shape index (κ2) is 5.95. The van der Waals surface area contributed by atoms with Crippen molar-refractivity contribution >= 4 is 5.91 Å². The average Bonchev–Trinajstić information content (AvgIpc) is 3.15. The standard InChI is InChI=1S/C15H23N3O2/c1-12(20-10-13-4-5-13)15(19)17-7-2-3-14(9-17)18-8-6-16-11-18/h6,8,11-14H,2-5,7,9-10H2,1H3/t12-,14+/m0/s1. The second-order valence-corrected chi connectivity index (χ2v) is 6.01. The van der Waals surface area contributed by atoms with Crippen LogP contribution in [0.2, 0.25) is 0 Å². The van der Waals surface area contributed by atoms with Crippen LogP contribution in [0.25, 0.3) is 0 Å². The summed E-state index contributed by atoms with van der Waals surface area (Å²) >= 11 is 0. The van der Waals surface area contributed by atoms with Crippen molar-refractivity contribution in [2.75, 3.05) is 19.7 Å². The van der Waals surface area contributed by atoms with Crippen LogP contribution in [-0.2, 0) is 9.53 Å². The smallest absolute Gasteiger partial charge is 0.251 e. The number of carbonyl (C=O) groups is 1. The zero-order valence-corrected chi connectivity index (χ0v) is 12.1. The monoisotopic (exact) mass is 277 g/mol. The van der Waals surface area contributed by atoms with Crippen molar-refractivity contribution < 1.29 is 9.53 Å². The minimum atomic E-state index is -0.308. The van der Waals surface area contributed by atoms with Crippen LogP contribution in [0.4, 0.5) is 0 Å². The van der Waals surface area contributed by atoms with Gasteiger partial charge in [-0.15, -0.1) is 0 Å². The van der Waals surface area contributed by atoms with E-state index in [9.17, 15) is 4.79 Å². The lowest BCUT2D eigenvalue weighted by molar-refractivity contribution is -0.144. The highest BCUT2D eigenvalue weighted by Gasteiger charge is 2.29. The van der Waals surface area contributed by atoms with E-state index in [2.05, 4.69) is 9.55 Å². The summed E-state index contributed by atoms with van der Waals surface area (Å²) in [6, 6.07) is 0.353. The lowest BCUT2D eigenvalue weighted by Crippen LogP contribution is -2.45. The number of aromatic nitrogens is 2. The summed E-state index contributed by atoms with van der Waals surface area (Å²) in [5.74, 6) is 0.834. The minimum absolute atomic E-state index is 0.135. The number of piperidine rings is 1. The van der Waals surface area contributed by atoms with E-state index in [0.29, 0.717) is 12.0 Å². The molecule has 3 rings (SSSR count). The molecule has 110 valence electrons. The summed E-state index contributed by atoms with van der Waals surface area (Å²) in [5.41, 5.74) is 0. The molecule has 2 fully saturated rings. The fraction of sp³-hybridized carbons (Fsp3) is 0.733. The Bertz CT molecular complexity index is 442. The normalized spacial score (nSPS) is 24.6. The van der Waals surface area contributed by atoms with Crippen molar-refractivity contribution in [1.82, 2.24) is 14.5 Å². The molecule has 5 heteroatoms. The lowest BCUT2D eigenvalue weighted by atomic mass is 10.1. The fourth-order valence-electron chi connectivity index (χ4n) is 2.78. The number of nitrogens with zero attached hydrogens (tertiary/aromatic N) is 3.